The number of phenolic OH excluding ortho intramolecular Hbond substituents is 1. The van der Waals surface area contributed by atoms with Crippen LogP contribution in [-0.2, 0) is 10.2 Å². The number of amides is 1. The maximum absolute atomic E-state index is 11.8. The van der Waals surface area contributed by atoms with Gasteiger partial charge < -0.3 is 9.84 Å². The van der Waals surface area contributed by atoms with Crippen LogP contribution >= 0.6 is 0 Å². The van der Waals surface area contributed by atoms with Crippen LogP contribution in [0.5, 0.6) is 11.5 Å². The second-order valence-electron chi connectivity index (χ2n) is 6.92. The first-order valence-corrected chi connectivity index (χ1v) is 8.10. The zero-order valence-electron chi connectivity index (χ0n) is 15.0. The Morgan fingerprint density at radius 2 is 1.88 bits per heavy atom. The largest absolute Gasteiger partial charge is 0.507 e. The lowest BCUT2D eigenvalue weighted by Crippen LogP contribution is -2.24. The summed E-state index contributed by atoms with van der Waals surface area (Å²) in [6.45, 7) is 8.20. The lowest BCUT2D eigenvalue weighted by molar-refractivity contribution is -0.123. The number of hydrazone groups is 1. The zero-order chi connectivity index (χ0) is 18.4. The third-order valence-electron chi connectivity index (χ3n) is 3.67. The van der Waals surface area contributed by atoms with Crippen molar-refractivity contribution in [2.45, 2.75) is 33.1 Å². The average Bonchev–Trinajstić information content (AvgIpc) is 2.56. The number of phenols is 1. The molecule has 132 valence electrons. The van der Waals surface area contributed by atoms with E-state index in [4.69, 9.17) is 4.74 Å². The second kappa shape index (κ2) is 7.83. The molecule has 5 heteroatoms. The van der Waals surface area contributed by atoms with Crippen LogP contribution < -0.4 is 10.2 Å². The number of carbonyl (C=O) groups excluding carboxylic acids is 1. The van der Waals surface area contributed by atoms with Gasteiger partial charge in [0.25, 0.3) is 5.91 Å². The number of nitrogens with zero attached hydrogens (tertiary/aromatic N) is 1. The second-order valence-corrected chi connectivity index (χ2v) is 6.92. The van der Waals surface area contributed by atoms with E-state index in [1.165, 1.54) is 11.8 Å². The average molecular weight is 340 g/mol. The monoisotopic (exact) mass is 340 g/mol. The molecule has 0 aliphatic rings. The Labute approximate surface area is 148 Å². The van der Waals surface area contributed by atoms with E-state index in [-0.39, 0.29) is 23.7 Å². The highest BCUT2D eigenvalue weighted by Crippen LogP contribution is 2.24. The number of aryl methyl sites for hydroxylation is 1. The first-order chi connectivity index (χ1) is 11.8. The molecule has 2 aromatic carbocycles. The van der Waals surface area contributed by atoms with Gasteiger partial charge in [-0.2, -0.15) is 5.10 Å². The summed E-state index contributed by atoms with van der Waals surface area (Å²) in [5.41, 5.74) is 5.19. The van der Waals surface area contributed by atoms with Crippen molar-refractivity contribution in [2.75, 3.05) is 6.61 Å². The van der Waals surface area contributed by atoms with Crippen molar-refractivity contribution in [3.63, 3.8) is 0 Å². The SMILES string of the molecule is Cc1ccc(O)c(/C=N\NC(=O)COc2ccc(C(C)(C)C)cc2)c1. The molecule has 0 atom stereocenters. The molecule has 0 unspecified atom stereocenters. The number of nitrogens with one attached hydrogen (secondary N) is 1. The smallest absolute Gasteiger partial charge is 0.277 e. The van der Waals surface area contributed by atoms with Gasteiger partial charge in [0.05, 0.1) is 6.21 Å². The maximum Gasteiger partial charge on any atom is 0.277 e. The Bertz CT molecular complexity index is 760. The number of carbonyl (C=O) groups is 1. The molecule has 0 fully saturated rings. The van der Waals surface area contributed by atoms with Crippen molar-refractivity contribution in [1.82, 2.24) is 5.43 Å². The van der Waals surface area contributed by atoms with Gasteiger partial charge in [-0.1, -0.05) is 44.5 Å². The predicted octanol–water partition coefficient (Wildman–Crippen LogP) is 3.53. The molecule has 0 bridgehead atoms. The summed E-state index contributed by atoms with van der Waals surface area (Å²) in [5, 5.41) is 13.5. The van der Waals surface area contributed by atoms with E-state index in [0.29, 0.717) is 11.3 Å². The third kappa shape index (κ3) is 5.64. The van der Waals surface area contributed by atoms with E-state index in [9.17, 15) is 9.90 Å². The van der Waals surface area contributed by atoms with Gasteiger partial charge in [-0.3, -0.25) is 4.79 Å². The highest BCUT2D eigenvalue weighted by atomic mass is 16.5. The standard InChI is InChI=1S/C20H24N2O3/c1-14-5-10-18(23)15(11-14)12-21-22-19(24)13-25-17-8-6-16(7-9-17)20(2,3)4/h5-12,23H,13H2,1-4H3,(H,22,24)/b21-12-. The van der Waals surface area contributed by atoms with Crippen LogP contribution in [0.4, 0.5) is 0 Å². The molecule has 2 aromatic rings. The topological polar surface area (TPSA) is 70.9 Å². The fourth-order valence-electron chi connectivity index (χ4n) is 2.18. The Kier molecular flexibility index (Phi) is 5.80. The number of aromatic hydroxyl groups is 1. The predicted molar refractivity (Wildman–Crippen MR) is 99.2 cm³/mol. The molecule has 25 heavy (non-hydrogen) atoms. The normalized spacial score (nSPS) is 11.5. The summed E-state index contributed by atoms with van der Waals surface area (Å²) < 4.78 is 5.45. The number of rotatable bonds is 5. The third-order valence-corrected chi connectivity index (χ3v) is 3.67. The number of benzene rings is 2. The minimum Gasteiger partial charge on any atom is -0.507 e. The van der Waals surface area contributed by atoms with E-state index in [1.54, 1.807) is 18.2 Å². The Morgan fingerprint density at radius 3 is 2.52 bits per heavy atom. The van der Waals surface area contributed by atoms with Crippen LogP contribution in [0.15, 0.2) is 47.6 Å². The minimum atomic E-state index is -0.372. The lowest BCUT2D eigenvalue weighted by Gasteiger charge is -2.19. The molecule has 2 rings (SSSR count). The van der Waals surface area contributed by atoms with Crippen molar-refractivity contribution in [1.29, 1.82) is 0 Å². The van der Waals surface area contributed by atoms with Gasteiger partial charge in [-0.25, -0.2) is 5.43 Å². The van der Waals surface area contributed by atoms with E-state index < -0.39 is 0 Å². The minimum absolute atomic E-state index is 0.0754. The van der Waals surface area contributed by atoms with Gasteiger partial charge in [0.2, 0.25) is 0 Å². The zero-order valence-corrected chi connectivity index (χ0v) is 15.0. The van der Waals surface area contributed by atoms with Crippen LogP contribution in [-0.4, -0.2) is 23.8 Å². The summed E-state index contributed by atoms with van der Waals surface area (Å²) in [4.78, 5) is 11.8. The molecule has 0 radical (unpaired) electrons. The summed E-state index contributed by atoms with van der Waals surface area (Å²) in [6.07, 6.45) is 1.40. The molecule has 0 heterocycles. The lowest BCUT2D eigenvalue weighted by atomic mass is 9.87. The van der Waals surface area contributed by atoms with Gasteiger partial charge in [-0.15, -0.1) is 0 Å². The summed E-state index contributed by atoms with van der Waals surface area (Å²) in [6, 6.07) is 12.8. The van der Waals surface area contributed by atoms with E-state index in [2.05, 4.69) is 31.3 Å². The van der Waals surface area contributed by atoms with Gasteiger partial charge >= 0.3 is 0 Å². The van der Waals surface area contributed by atoms with E-state index in [0.717, 1.165) is 5.56 Å². The molecule has 0 aliphatic heterocycles. The van der Waals surface area contributed by atoms with E-state index >= 15 is 0 Å². The summed E-state index contributed by atoms with van der Waals surface area (Å²) >= 11 is 0. The van der Waals surface area contributed by atoms with Crippen molar-refractivity contribution in [3.05, 3.63) is 59.2 Å². The van der Waals surface area contributed by atoms with Gasteiger partial charge in [-0.05, 0) is 42.2 Å². The Hall–Kier alpha value is -2.82. The van der Waals surface area contributed by atoms with Gasteiger partial charge in [0.1, 0.15) is 11.5 Å². The van der Waals surface area contributed by atoms with Gasteiger partial charge in [0, 0.05) is 5.56 Å². The first-order valence-electron chi connectivity index (χ1n) is 8.10. The molecule has 0 aromatic heterocycles. The molecular weight excluding hydrogens is 316 g/mol. The van der Waals surface area contributed by atoms with Crippen LogP contribution in [0.2, 0.25) is 0 Å². The number of hydrogen-bond donors (Lipinski definition) is 2. The molecule has 5 nitrogen and oxygen atoms in total. The number of ether oxygens (including phenoxy) is 1. The van der Waals surface area contributed by atoms with Crippen molar-refractivity contribution in [3.8, 4) is 11.5 Å². The summed E-state index contributed by atoms with van der Waals surface area (Å²) in [7, 11) is 0. The van der Waals surface area contributed by atoms with Crippen molar-refractivity contribution < 1.29 is 14.6 Å². The van der Waals surface area contributed by atoms with Crippen LogP contribution in [0.1, 0.15) is 37.5 Å². The highest BCUT2D eigenvalue weighted by molar-refractivity contribution is 5.85. The first kappa shape index (κ1) is 18.5. The molecule has 0 spiro atoms. The maximum atomic E-state index is 11.8. The number of hydrogen-bond acceptors (Lipinski definition) is 4. The van der Waals surface area contributed by atoms with E-state index in [1.807, 2.05) is 31.2 Å². The molecular formula is C20H24N2O3. The van der Waals surface area contributed by atoms with Crippen molar-refractivity contribution >= 4 is 12.1 Å². The fraction of sp³-hybridized carbons (Fsp3) is 0.300. The molecule has 1 amide bonds. The van der Waals surface area contributed by atoms with Crippen molar-refractivity contribution in [2.24, 2.45) is 5.10 Å². The fourth-order valence-corrected chi connectivity index (χ4v) is 2.18. The quantitative estimate of drug-likeness (QED) is 0.646. The molecule has 0 saturated carbocycles. The summed E-state index contributed by atoms with van der Waals surface area (Å²) in [5.74, 6) is 0.366. The van der Waals surface area contributed by atoms with Crippen LogP contribution in [0, 0.1) is 6.92 Å². The molecule has 2 N–H and O–H groups in total. The van der Waals surface area contributed by atoms with Crippen LogP contribution in [0.25, 0.3) is 0 Å². The van der Waals surface area contributed by atoms with Gasteiger partial charge in [0.15, 0.2) is 6.61 Å². The Balaban J connectivity index is 1.84. The molecule has 0 aliphatic carbocycles. The van der Waals surface area contributed by atoms with Crippen LogP contribution in [0.3, 0.4) is 0 Å². The Morgan fingerprint density at radius 1 is 1.20 bits per heavy atom. The molecule has 0 saturated heterocycles. The highest BCUT2D eigenvalue weighted by Gasteiger charge is 2.13.